The van der Waals surface area contributed by atoms with Crippen molar-refractivity contribution in [2.45, 2.75) is 6.54 Å². The largest absolute Gasteiger partial charge is 0.350 e. The van der Waals surface area contributed by atoms with Crippen molar-refractivity contribution in [3.8, 4) is 0 Å². The van der Waals surface area contributed by atoms with Crippen LogP contribution in [0.3, 0.4) is 0 Å². The lowest BCUT2D eigenvalue weighted by atomic mass is 10.2. The van der Waals surface area contributed by atoms with E-state index < -0.39 is 0 Å². The Morgan fingerprint density at radius 3 is 2.55 bits per heavy atom. The van der Waals surface area contributed by atoms with Crippen LogP contribution in [0.5, 0.6) is 0 Å². The zero-order chi connectivity index (χ0) is 14.4. The van der Waals surface area contributed by atoms with Crippen molar-refractivity contribution in [3.63, 3.8) is 0 Å². The molecule has 0 bridgehead atoms. The zero-order valence-corrected chi connectivity index (χ0v) is 13.0. The second-order valence-corrected chi connectivity index (χ2v) is 5.97. The number of hydrogen-bond donors (Lipinski definition) is 2. The Morgan fingerprint density at radius 1 is 1.15 bits per heavy atom. The molecule has 0 aliphatic heterocycles. The minimum atomic E-state index is -0.250. The Hall–Kier alpha value is -1.66. The van der Waals surface area contributed by atoms with Crippen LogP contribution in [0, 0.1) is 0 Å². The zero-order valence-electron chi connectivity index (χ0n) is 10.6. The smallest absolute Gasteiger partial charge is 0.251 e. The second kappa shape index (κ2) is 7.21. The molecular weight excluding hydrogens is 340 g/mol. The summed E-state index contributed by atoms with van der Waals surface area (Å²) < 4.78 is 1.00. The summed E-state index contributed by atoms with van der Waals surface area (Å²) in [5.74, 6) is -0.460. The molecule has 1 aromatic carbocycles. The second-order valence-electron chi connectivity index (χ2n) is 4.06. The predicted molar refractivity (Wildman–Crippen MR) is 82.6 cm³/mol. The van der Waals surface area contributed by atoms with Crippen LogP contribution in [0.15, 0.2) is 46.3 Å². The Bertz CT molecular complexity index is 598. The molecule has 2 rings (SSSR count). The van der Waals surface area contributed by atoms with E-state index in [0.29, 0.717) is 12.1 Å². The van der Waals surface area contributed by atoms with Gasteiger partial charge in [0.1, 0.15) is 0 Å². The molecule has 1 heterocycles. The van der Waals surface area contributed by atoms with Crippen molar-refractivity contribution in [2.24, 2.45) is 0 Å². The summed E-state index contributed by atoms with van der Waals surface area (Å²) in [7, 11) is 0. The molecule has 6 heteroatoms. The van der Waals surface area contributed by atoms with Gasteiger partial charge in [0.15, 0.2) is 0 Å². The van der Waals surface area contributed by atoms with Crippen LogP contribution >= 0.6 is 27.3 Å². The van der Waals surface area contributed by atoms with E-state index in [1.807, 2.05) is 17.5 Å². The van der Waals surface area contributed by atoms with Gasteiger partial charge in [0.05, 0.1) is 13.1 Å². The molecular formula is C14H13BrN2O2S. The van der Waals surface area contributed by atoms with Gasteiger partial charge in [-0.1, -0.05) is 18.2 Å². The van der Waals surface area contributed by atoms with E-state index >= 15 is 0 Å². The summed E-state index contributed by atoms with van der Waals surface area (Å²) in [6.45, 7) is 0.441. The molecule has 2 N–H and O–H groups in total. The first-order valence-electron chi connectivity index (χ1n) is 5.98. The molecule has 0 unspecified atom stereocenters. The van der Waals surface area contributed by atoms with Gasteiger partial charge in [-0.15, -0.1) is 11.3 Å². The van der Waals surface area contributed by atoms with Gasteiger partial charge >= 0.3 is 0 Å². The molecule has 2 aromatic rings. The highest BCUT2D eigenvalue weighted by Crippen LogP contribution is 2.19. The molecule has 4 nitrogen and oxygen atoms in total. The van der Waals surface area contributed by atoms with E-state index in [4.69, 9.17) is 0 Å². The SMILES string of the molecule is O=C(CNC(=O)c1ccccc1)NCc1cc(Br)cs1. The van der Waals surface area contributed by atoms with E-state index in [0.717, 1.165) is 9.35 Å². The number of amides is 2. The molecule has 0 saturated carbocycles. The van der Waals surface area contributed by atoms with E-state index in [9.17, 15) is 9.59 Å². The number of halogens is 1. The monoisotopic (exact) mass is 352 g/mol. The van der Waals surface area contributed by atoms with Crippen LogP contribution in [0.4, 0.5) is 0 Å². The highest BCUT2D eigenvalue weighted by atomic mass is 79.9. The lowest BCUT2D eigenvalue weighted by Gasteiger charge is -2.06. The summed E-state index contributed by atoms with van der Waals surface area (Å²) in [5.41, 5.74) is 0.544. The van der Waals surface area contributed by atoms with E-state index in [2.05, 4.69) is 26.6 Å². The number of thiophene rings is 1. The summed E-state index contributed by atoms with van der Waals surface area (Å²) in [6.07, 6.45) is 0. The van der Waals surface area contributed by atoms with Crippen LogP contribution in [-0.2, 0) is 11.3 Å². The lowest BCUT2D eigenvalue weighted by molar-refractivity contribution is -0.120. The van der Waals surface area contributed by atoms with E-state index in [-0.39, 0.29) is 18.4 Å². The third kappa shape index (κ3) is 4.47. The molecule has 0 aliphatic carbocycles. The quantitative estimate of drug-likeness (QED) is 0.868. The fourth-order valence-corrected chi connectivity index (χ4v) is 2.94. The first kappa shape index (κ1) is 14.7. The van der Waals surface area contributed by atoms with Crippen LogP contribution < -0.4 is 10.6 Å². The first-order chi connectivity index (χ1) is 9.65. The van der Waals surface area contributed by atoms with Gasteiger partial charge in [-0.25, -0.2) is 0 Å². The van der Waals surface area contributed by atoms with Crippen LogP contribution in [0.25, 0.3) is 0 Å². The fraction of sp³-hybridized carbons (Fsp3) is 0.143. The van der Waals surface area contributed by atoms with Crippen LogP contribution in [0.2, 0.25) is 0 Å². The Kier molecular flexibility index (Phi) is 5.31. The molecule has 0 atom stereocenters. The van der Waals surface area contributed by atoms with Gasteiger partial charge in [0, 0.05) is 20.3 Å². The van der Waals surface area contributed by atoms with E-state index in [1.54, 1.807) is 35.6 Å². The van der Waals surface area contributed by atoms with Gasteiger partial charge < -0.3 is 10.6 Å². The number of carbonyl (C=O) groups is 2. The van der Waals surface area contributed by atoms with Crippen molar-refractivity contribution in [1.29, 1.82) is 0 Å². The molecule has 104 valence electrons. The van der Waals surface area contributed by atoms with Crippen molar-refractivity contribution < 1.29 is 9.59 Å². The number of nitrogens with one attached hydrogen (secondary N) is 2. The molecule has 0 saturated heterocycles. The summed E-state index contributed by atoms with van der Waals surface area (Å²) in [5, 5.41) is 7.30. The maximum Gasteiger partial charge on any atom is 0.251 e. The standard InChI is InChI=1S/C14H13BrN2O2S/c15-11-6-12(20-9-11)7-16-13(18)8-17-14(19)10-4-2-1-3-5-10/h1-6,9H,7-8H2,(H,16,18)(H,17,19). The van der Waals surface area contributed by atoms with Crippen molar-refractivity contribution in [3.05, 3.63) is 56.7 Å². The Balaban J connectivity index is 1.74. The topological polar surface area (TPSA) is 58.2 Å². The molecule has 0 spiro atoms. The minimum absolute atomic E-state index is 0.0275. The third-order valence-corrected chi connectivity index (χ3v) is 4.22. The number of benzene rings is 1. The maximum absolute atomic E-state index is 11.7. The lowest BCUT2D eigenvalue weighted by Crippen LogP contribution is -2.36. The molecule has 1 aromatic heterocycles. The first-order valence-corrected chi connectivity index (χ1v) is 7.65. The van der Waals surface area contributed by atoms with Gasteiger partial charge in [-0.05, 0) is 34.1 Å². The van der Waals surface area contributed by atoms with Gasteiger partial charge in [-0.2, -0.15) is 0 Å². The minimum Gasteiger partial charge on any atom is -0.350 e. The average molecular weight is 353 g/mol. The summed E-state index contributed by atoms with van der Waals surface area (Å²) in [4.78, 5) is 24.4. The number of hydrogen-bond acceptors (Lipinski definition) is 3. The Morgan fingerprint density at radius 2 is 1.90 bits per heavy atom. The molecule has 20 heavy (non-hydrogen) atoms. The number of carbonyl (C=O) groups excluding carboxylic acids is 2. The van der Waals surface area contributed by atoms with Crippen molar-refractivity contribution in [2.75, 3.05) is 6.54 Å². The van der Waals surface area contributed by atoms with Crippen LogP contribution in [0.1, 0.15) is 15.2 Å². The molecule has 0 fully saturated rings. The van der Waals surface area contributed by atoms with Crippen molar-refractivity contribution in [1.82, 2.24) is 10.6 Å². The molecule has 0 aliphatic rings. The highest BCUT2D eigenvalue weighted by Gasteiger charge is 2.07. The third-order valence-electron chi connectivity index (χ3n) is 2.53. The van der Waals surface area contributed by atoms with Gasteiger partial charge in [0.25, 0.3) is 5.91 Å². The maximum atomic E-state index is 11.7. The van der Waals surface area contributed by atoms with Gasteiger partial charge in [-0.3, -0.25) is 9.59 Å². The fourth-order valence-electron chi connectivity index (χ4n) is 1.55. The van der Waals surface area contributed by atoms with Crippen LogP contribution in [-0.4, -0.2) is 18.4 Å². The summed E-state index contributed by atoms with van der Waals surface area (Å²) >= 11 is 4.92. The average Bonchev–Trinajstić information content (AvgIpc) is 2.89. The van der Waals surface area contributed by atoms with Gasteiger partial charge in [0.2, 0.25) is 5.91 Å². The Labute approximate surface area is 129 Å². The molecule has 2 amide bonds. The highest BCUT2D eigenvalue weighted by molar-refractivity contribution is 9.10. The van der Waals surface area contributed by atoms with Crippen molar-refractivity contribution >= 4 is 39.1 Å². The van der Waals surface area contributed by atoms with E-state index in [1.165, 1.54) is 0 Å². The summed E-state index contributed by atoms with van der Waals surface area (Å²) in [6, 6.07) is 10.8. The number of rotatable bonds is 5. The predicted octanol–water partition coefficient (Wildman–Crippen LogP) is 2.56. The normalized spacial score (nSPS) is 10.1. The molecule has 0 radical (unpaired) electrons.